The van der Waals surface area contributed by atoms with E-state index in [1.165, 1.54) is 0 Å². The number of hydrogen-bond acceptors (Lipinski definition) is 3. The Morgan fingerprint density at radius 2 is 2.00 bits per heavy atom. The predicted octanol–water partition coefficient (Wildman–Crippen LogP) is 1.59. The number of para-hydroxylation sites is 1. The molecule has 2 rings (SSSR count). The van der Waals surface area contributed by atoms with E-state index >= 15 is 0 Å². The molecule has 0 spiro atoms. The normalized spacial score (nSPS) is 10.1. The van der Waals surface area contributed by atoms with Gasteiger partial charge in [-0.2, -0.15) is 5.10 Å². The van der Waals surface area contributed by atoms with E-state index in [2.05, 4.69) is 5.10 Å². The summed E-state index contributed by atoms with van der Waals surface area (Å²) in [4.78, 5) is 0. The minimum Gasteiger partial charge on any atom is -0.454 e. The summed E-state index contributed by atoms with van der Waals surface area (Å²) in [5.41, 5.74) is 5.40. The first-order valence-corrected chi connectivity index (χ1v) is 4.34. The van der Waals surface area contributed by atoms with E-state index in [1.54, 1.807) is 17.1 Å². The third kappa shape index (κ3) is 1.92. The quantitative estimate of drug-likeness (QED) is 0.797. The van der Waals surface area contributed by atoms with Crippen LogP contribution in [0.4, 0.5) is 0 Å². The van der Waals surface area contributed by atoms with Crippen molar-refractivity contribution in [1.29, 1.82) is 0 Å². The molecular weight excluding hydrogens is 178 g/mol. The number of hydrogen-bond donors (Lipinski definition) is 1. The summed E-state index contributed by atoms with van der Waals surface area (Å²) in [6, 6.07) is 9.56. The average molecular weight is 189 g/mol. The van der Waals surface area contributed by atoms with Gasteiger partial charge in [-0.25, -0.2) is 0 Å². The third-order valence-corrected chi connectivity index (χ3v) is 1.78. The van der Waals surface area contributed by atoms with Gasteiger partial charge >= 0.3 is 0 Å². The molecule has 0 aliphatic heterocycles. The van der Waals surface area contributed by atoms with Crippen LogP contribution >= 0.6 is 0 Å². The molecule has 1 aromatic heterocycles. The molecule has 72 valence electrons. The molecule has 0 atom stereocenters. The van der Waals surface area contributed by atoms with Gasteiger partial charge in [0, 0.05) is 0 Å². The summed E-state index contributed by atoms with van der Waals surface area (Å²) >= 11 is 0. The van der Waals surface area contributed by atoms with Crippen molar-refractivity contribution in [3.05, 3.63) is 42.7 Å². The molecule has 0 bridgehead atoms. The fourth-order valence-corrected chi connectivity index (χ4v) is 1.12. The van der Waals surface area contributed by atoms with Crippen molar-refractivity contribution in [2.45, 2.75) is 6.67 Å². The van der Waals surface area contributed by atoms with E-state index in [-0.39, 0.29) is 0 Å². The van der Waals surface area contributed by atoms with Crippen LogP contribution in [-0.2, 0) is 6.67 Å². The Bertz CT molecular complexity index is 397. The van der Waals surface area contributed by atoms with Crippen LogP contribution in [0.3, 0.4) is 0 Å². The predicted molar refractivity (Wildman–Crippen MR) is 52.9 cm³/mol. The van der Waals surface area contributed by atoms with Gasteiger partial charge in [-0.05, 0) is 12.1 Å². The standard InChI is InChI=1S/C10H11N3O/c11-8-13-7-10(6-12-13)14-9-4-2-1-3-5-9/h1-7H,8,11H2. The largest absolute Gasteiger partial charge is 0.454 e. The SMILES string of the molecule is NCn1cc(Oc2ccccc2)cn1. The maximum Gasteiger partial charge on any atom is 0.165 e. The first-order valence-electron chi connectivity index (χ1n) is 4.34. The van der Waals surface area contributed by atoms with Gasteiger partial charge in [0.2, 0.25) is 0 Å². The van der Waals surface area contributed by atoms with Crippen molar-refractivity contribution in [2.75, 3.05) is 0 Å². The van der Waals surface area contributed by atoms with Gasteiger partial charge in [0.15, 0.2) is 5.75 Å². The highest BCUT2D eigenvalue weighted by atomic mass is 16.5. The van der Waals surface area contributed by atoms with Gasteiger partial charge in [0.1, 0.15) is 5.75 Å². The maximum atomic E-state index is 5.52. The van der Waals surface area contributed by atoms with E-state index < -0.39 is 0 Å². The van der Waals surface area contributed by atoms with E-state index in [4.69, 9.17) is 10.5 Å². The Balaban J connectivity index is 2.11. The highest BCUT2D eigenvalue weighted by Gasteiger charge is 1.98. The molecule has 2 aromatic rings. The van der Waals surface area contributed by atoms with Gasteiger partial charge < -0.3 is 10.5 Å². The summed E-state index contributed by atoms with van der Waals surface area (Å²) < 4.78 is 7.13. The lowest BCUT2D eigenvalue weighted by Crippen LogP contribution is -2.06. The second-order valence-corrected chi connectivity index (χ2v) is 2.81. The molecule has 0 saturated heterocycles. The van der Waals surface area contributed by atoms with Gasteiger partial charge in [0.05, 0.1) is 19.1 Å². The van der Waals surface area contributed by atoms with Crippen molar-refractivity contribution < 1.29 is 4.74 Å². The average Bonchev–Trinajstić information content (AvgIpc) is 2.67. The highest BCUT2D eigenvalue weighted by Crippen LogP contribution is 2.19. The number of ether oxygens (including phenoxy) is 1. The van der Waals surface area contributed by atoms with Crippen LogP contribution < -0.4 is 10.5 Å². The smallest absolute Gasteiger partial charge is 0.165 e. The topological polar surface area (TPSA) is 53.1 Å². The molecular formula is C10H11N3O. The van der Waals surface area contributed by atoms with Crippen LogP contribution in [0.25, 0.3) is 0 Å². The van der Waals surface area contributed by atoms with Crippen molar-refractivity contribution in [3.63, 3.8) is 0 Å². The summed E-state index contributed by atoms with van der Waals surface area (Å²) in [6.07, 6.45) is 3.40. The maximum absolute atomic E-state index is 5.52. The zero-order chi connectivity index (χ0) is 9.80. The van der Waals surface area contributed by atoms with Crippen molar-refractivity contribution >= 4 is 0 Å². The molecule has 0 aliphatic carbocycles. The van der Waals surface area contributed by atoms with Gasteiger partial charge in [-0.15, -0.1) is 0 Å². The minimum atomic E-state index is 0.359. The van der Waals surface area contributed by atoms with Crippen molar-refractivity contribution in [3.8, 4) is 11.5 Å². The monoisotopic (exact) mass is 189 g/mol. The Hall–Kier alpha value is -1.81. The van der Waals surface area contributed by atoms with E-state index in [0.29, 0.717) is 12.4 Å². The van der Waals surface area contributed by atoms with E-state index in [0.717, 1.165) is 5.75 Å². The molecule has 0 amide bonds. The molecule has 1 heterocycles. The van der Waals surface area contributed by atoms with E-state index in [1.807, 2.05) is 30.3 Å². The van der Waals surface area contributed by atoms with Crippen LogP contribution in [0.1, 0.15) is 0 Å². The zero-order valence-electron chi connectivity index (χ0n) is 7.63. The number of rotatable bonds is 3. The highest BCUT2D eigenvalue weighted by molar-refractivity contribution is 5.27. The first-order chi connectivity index (χ1) is 6.88. The number of nitrogens with two attached hydrogens (primary N) is 1. The summed E-state index contributed by atoms with van der Waals surface area (Å²) in [6.45, 7) is 0.359. The molecule has 0 fully saturated rings. The van der Waals surface area contributed by atoms with Gasteiger partial charge in [0.25, 0.3) is 0 Å². The van der Waals surface area contributed by atoms with Crippen LogP contribution in [-0.4, -0.2) is 9.78 Å². The van der Waals surface area contributed by atoms with Crippen LogP contribution in [0, 0.1) is 0 Å². The first kappa shape index (κ1) is 8.77. The molecule has 2 N–H and O–H groups in total. The molecule has 0 saturated carbocycles. The van der Waals surface area contributed by atoms with Crippen LogP contribution in [0.2, 0.25) is 0 Å². The summed E-state index contributed by atoms with van der Waals surface area (Å²) in [5, 5.41) is 4.00. The number of aromatic nitrogens is 2. The van der Waals surface area contributed by atoms with E-state index in [9.17, 15) is 0 Å². The Labute approximate surface area is 81.9 Å². The van der Waals surface area contributed by atoms with Crippen molar-refractivity contribution in [1.82, 2.24) is 9.78 Å². The second-order valence-electron chi connectivity index (χ2n) is 2.81. The fraction of sp³-hybridized carbons (Fsp3) is 0.100. The second kappa shape index (κ2) is 3.93. The van der Waals surface area contributed by atoms with Crippen molar-refractivity contribution in [2.24, 2.45) is 5.73 Å². The molecule has 0 aliphatic rings. The molecule has 14 heavy (non-hydrogen) atoms. The zero-order valence-corrected chi connectivity index (χ0v) is 7.63. The summed E-state index contributed by atoms with van der Waals surface area (Å²) in [5.74, 6) is 1.49. The summed E-state index contributed by atoms with van der Waals surface area (Å²) in [7, 11) is 0. The van der Waals surface area contributed by atoms with Crippen LogP contribution in [0.5, 0.6) is 11.5 Å². The lowest BCUT2D eigenvalue weighted by Gasteiger charge is -2.00. The molecule has 1 aromatic carbocycles. The fourth-order valence-electron chi connectivity index (χ4n) is 1.12. The number of benzene rings is 1. The van der Waals surface area contributed by atoms with Gasteiger partial charge in [-0.3, -0.25) is 4.68 Å². The lowest BCUT2D eigenvalue weighted by atomic mass is 10.3. The Morgan fingerprint density at radius 1 is 1.21 bits per heavy atom. The van der Waals surface area contributed by atoms with Crippen LogP contribution in [0.15, 0.2) is 42.7 Å². The lowest BCUT2D eigenvalue weighted by molar-refractivity contribution is 0.481. The Kier molecular flexibility index (Phi) is 2.46. The molecule has 0 unspecified atom stereocenters. The van der Waals surface area contributed by atoms with Gasteiger partial charge in [-0.1, -0.05) is 18.2 Å². The molecule has 4 heteroatoms. The minimum absolute atomic E-state index is 0.359. The molecule has 0 radical (unpaired) electrons. The Morgan fingerprint density at radius 3 is 2.64 bits per heavy atom. The third-order valence-electron chi connectivity index (χ3n) is 1.78. The molecule has 4 nitrogen and oxygen atoms in total. The number of nitrogens with zero attached hydrogens (tertiary/aromatic N) is 2.